The quantitative estimate of drug-likeness (QED) is 0.614. The lowest BCUT2D eigenvalue weighted by molar-refractivity contribution is -0.0943. The van der Waals surface area contributed by atoms with Crippen molar-refractivity contribution < 1.29 is 27.8 Å². The number of cyclic esters (lactones) is 1. The predicted molar refractivity (Wildman–Crippen MR) is 129 cm³/mol. The molecule has 1 spiro atoms. The van der Waals surface area contributed by atoms with Gasteiger partial charge in [0, 0.05) is 44.5 Å². The van der Waals surface area contributed by atoms with Gasteiger partial charge in [-0.1, -0.05) is 6.07 Å². The molecule has 0 saturated carbocycles. The Kier molecular flexibility index (Phi) is 6.33. The average Bonchev–Trinajstić information content (AvgIpc) is 3.22. The summed E-state index contributed by atoms with van der Waals surface area (Å²) in [5.41, 5.74) is 3.87. The number of aliphatic hydroxyl groups is 1. The number of benzene rings is 1. The molecule has 2 fully saturated rings. The Hall–Kier alpha value is -2.53. The maximum absolute atomic E-state index is 11.8. The lowest BCUT2D eigenvalue weighted by atomic mass is 9.88. The van der Waals surface area contributed by atoms with Crippen LogP contribution in [-0.2, 0) is 25.9 Å². The molecular formula is C25H31N3O6S. The predicted octanol–water partition coefficient (Wildman–Crippen LogP) is 1.87. The maximum atomic E-state index is 11.8. The lowest BCUT2D eigenvalue weighted by Crippen LogP contribution is -2.57. The van der Waals surface area contributed by atoms with Gasteiger partial charge in [0.2, 0.25) is 0 Å². The van der Waals surface area contributed by atoms with Crippen molar-refractivity contribution in [3.63, 3.8) is 0 Å². The van der Waals surface area contributed by atoms with E-state index in [2.05, 4.69) is 14.8 Å². The van der Waals surface area contributed by atoms with E-state index in [9.17, 15) is 18.3 Å². The van der Waals surface area contributed by atoms with E-state index in [1.54, 1.807) is 18.3 Å². The highest BCUT2D eigenvalue weighted by molar-refractivity contribution is 7.90. The van der Waals surface area contributed by atoms with Crippen molar-refractivity contribution in [1.82, 2.24) is 9.88 Å². The number of fused-ring (bicyclic) bond motifs is 1. The molecule has 0 radical (unpaired) electrons. The van der Waals surface area contributed by atoms with Gasteiger partial charge >= 0.3 is 5.97 Å². The first-order valence-electron chi connectivity index (χ1n) is 11.9. The molecule has 1 aromatic carbocycles. The summed E-state index contributed by atoms with van der Waals surface area (Å²) in [6, 6.07) is 6.95. The Balaban J connectivity index is 1.20. The van der Waals surface area contributed by atoms with Crippen molar-refractivity contribution in [1.29, 1.82) is 0 Å². The number of nitrogens with zero attached hydrogens (tertiary/aromatic N) is 3. The monoisotopic (exact) mass is 501 g/mol. The smallest absolute Gasteiger partial charge is 0.338 e. The van der Waals surface area contributed by atoms with Gasteiger partial charge in [0.05, 0.1) is 35.8 Å². The molecule has 1 N–H and O–H groups in total. The number of morpholine rings is 1. The first kappa shape index (κ1) is 24.2. The average molecular weight is 502 g/mol. The second-order valence-corrected chi connectivity index (χ2v) is 11.7. The standard InChI is InChI=1S/C25H31N3O6S/c1-17-19(4-5-20-21(17)15-33-24(20)30)22(29)14-27-9-7-25(8-10-27)16-28(11-12-34-25)18-3-6-23(26-13-18)35(2,31)32/h3-6,13,22,29H,7-12,14-16H2,1-2H3. The zero-order valence-electron chi connectivity index (χ0n) is 20.1. The molecule has 10 heteroatoms. The summed E-state index contributed by atoms with van der Waals surface area (Å²) in [7, 11) is -3.32. The maximum Gasteiger partial charge on any atom is 0.338 e. The van der Waals surface area contributed by atoms with Crippen LogP contribution < -0.4 is 4.90 Å². The largest absolute Gasteiger partial charge is 0.457 e. The molecule has 188 valence electrons. The van der Waals surface area contributed by atoms with Gasteiger partial charge in [-0.3, -0.25) is 0 Å². The Morgan fingerprint density at radius 1 is 1.17 bits per heavy atom. The third-order valence-electron chi connectivity index (χ3n) is 7.48. The summed E-state index contributed by atoms with van der Waals surface area (Å²) < 4.78 is 34.8. The first-order chi connectivity index (χ1) is 16.7. The van der Waals surface area contributed by atoms with Gasteiger partial charge in [-0.25, -0.2) is 18.2 Å². The molecular weight excluding hydrogens is 470 g/mol. The van der Waals surface area contributed by atoms with Crippen LogP contribution in [0.4, 0.5) is 5.69 Å². The third-order valence-corrected chi connectivity index (χ3v) is 8.48. The molecule has 0 bridgehead atoms. The summed E-state index contributed by atoms with van der Waals surface area (Å²) in [6.45, 7) is 6.40. The van der Waals surface area contributed by atoms with Gasteiger partial charge in [-0.05, 0) is 49.1 Å². The van der Waals surface area contributed by atoms with Crippen LogP contribution in [0.5, 0.6) is 0 Å². The van der Waals surface area contributed by atoms with Gasteiger partial charge in [0.1, 0.15) is 6.61 Å². The van der Waals surface area contributed by atoms with Crippen molar-refractivity contribution in [3.05, 3.63) is 52.7 Å². The molecule has 4 heterocycles. The van der Waals surface area contributed by atoms with Gasteiger partial charge in [0.25, 0.3) is 0 Å². The van der Waals surface area contributed by atoms with Gasteiger partial charge in [-0.2, -0.15) is 0 Å². The number of aromatic nitrogens is 1. The van der Waals surface area contributed by atoms with E-state index in [0.717, 1.165) is 67.7 Å². The number of carbonyl (C=O) groups is 1. The summed E-state index contributed by atoms with van der Waals surface area (Å²) in [5, 5.41) is 11.0. The van der Waals surface area contributed by atoms with Crippen molar-refractivity contribution in [2.75, 3.05) is 50.5 Å². The number of esters is 1. The SMILES string of the molecule is Cc1c(C(O)CN2CCC3(CC2)CN(c2ccc(S(C)(=O)=O)nc2)CCO3)ccc2c1COC2=O. The van der Waals surface area contributed by atoms with E-state index in [1.807, 2.05) is 19.1 Å². The zero-order valence-corrected chi connectivity index (χ0v) is 20.9. The number of piperidine rings is 1. The summed E-state index contributed by atoms with van der Waals surface area (Å²) >= 11 is 0. The molecule has 3 aliphatic rings. The van der Waals surface area contributed by atoms with Crippen LogP contribution in [0.1, 0.15) is 46.0 Å². The van der Waals surface area contributed by atoms with E-state index < -0.39 is 15.9 Å². The second-order valence-electron chi connectivity index (χ2n) is 9.78. The van der Waals surface area contributed by atoms with E-state index in [1.165, 1.54) is 0 Å². The minimum atomic E-state index is -3.32. The molecule has 2 saturated heterocycles. The molecule has 5 rings (SSSR count). The Morgan fingerprint density at radius 2 is 1.94 bits per heavy atom. The number of hydrogen-bond acceptors (Lipinski definition) is 9. The molecule has 0 aliphatic carbocycles. The number of pyridine rings is 1. The Labute approximate surface area is 205 Å². The minimum absolute atomic E-state index is 0.0776. The summed E-state index contributed by atoms with van der Waals surface area (Å²) in [4.78, 5) is 20.4. The highest BCUT2D eigenvalue weighted by Crippen LogP contribution is 2.34. The van der Waals surface area contributed by atoms with E-state index >= 15 is 0 Å². The molecule has 2 aromatic rings. The highest BCUT2D eigenvalue weighted by Gasteiger charge is 2.40. The number of ether oxygens (including phenoxy) is 2. The fraction of sp³-hybridized carbons (Fsp3) is 0.520. The minimum Gasteiger partial charge on any atom is -0.457 e. The van der Waals surface area contributed by atoms with Crippen molar-refractivity contribution in [3.8, 4) is 0 Å². The molecule has 3 aliphatic heterocycles. The van der Waals surface area contributed by atoms with Crippen LogP contribution in [0.3, 0.4) is 0 Å². The number of β-amino-alcohol motifs (C(OH)–C–C–N with tert-alkyl or cyclic N) is 1. The molecule has 0 amide bonds. The Bertz CT molecular complexity index is 1220. The van der Waals surface area contributed by atoms with Crippen molar-refractivity contribution in [2.45, 2.75) is 43.1 Å². The van der Waals surface area contributed by atoms with Crippen molar-refractivity contribution >= 4 is 21.5 Å². The van der Waals surface area contributed by atoms with Crippen LogP contribution >= 0.6 is 0 Å². The van der Waals surface area contributed by atoms with Gasteiger partial charge in [0.15, 0.2) is 14.9 Å². The van der Waals surface area contributed by atoms with Crippen LogP contribution in [0.25, 0.3) is 0 Å². The van der Waals surface area contributed by atoms with Gasteiger partial charge in [-0.15, -0.1) is 0 Å². The van der Waals surface area contributed by atoms with Gasteiger partial charge < -0.3 is 24.4 Å². The first-order valence-corrected chi connectivity index (χ1v) is 13.8. The lowest BCUT2D eigenvalue weighted by Gasteiger charge is -2.48. The zero-order chi connectivity index (χ0) is 24.8. The van der Waals surface area contributed by atoms with E-state index in [0.29, 0.717) is 18.7 Å². The third kappa shape index (κ3) is 4.80. The topological polar surface area (TPSA) is 109 Å². The number of aliphatic hydroxyl groups excluding tert-OH is 1. The molecule has 1 atom stereocenters. The number of anilines is 1. The molecule has 35 heavy (non-hydrogen) atoms. The Morgan fingerprint density at radius 3 is 2.63 bits per heavy atom. The van der Waals surface area contributed by atoms with Crippen molar-refractivity contribution in [2.24, 2.45) is 0 Å². The normalized spacial score (nSPS) is 21.1. The number of likely N-dealkylation sites (tertiary alicyclic amines) is 1. The van der Waals surface area contributed by atoms with Crippen LogP contribution in [0, 0.1) is 6.92 Å². The summed E-state index contributed by atoms with van der Waals surface area (Å²) in [6.07, 6.45) is 3.82. The molecule has 9 nitrogen and oxygen atoms in total. The summed E-state index contributed by atoms with van der Waals surface area (Å²) in [5.74, 6) is -0.297. The number of rotatable bonds is 5. The number of hydrogen-bond donors (Lipinski definition) is 1. The highest BCUT2D eigenvalue weighted by atomic mass is 32.2. The van der Waals surface area contributed by atoms with Crippen LogP contribution in [-0.4, -0.2) is 80.6 Å². The van der Waals surface area contributed by atoms with E-state index in [4.69, 9.17) is 9.47 Å². The number of carbonyl (C=O) groups excluding carboxylic acids is 1. The van der Waals surface area contributed by atoms with E-state index in [-0.39, 0.29) is 23.2 Å². The number of sulfone groups is 1. The van der Waals surface area contributed by atoms with Crippen LogP contribution in [0.15, 0.2) is 35.5 Å². The molecule has 1 aromatic heterocycles. The molecule has 1 unspecified atom stereocenters. The fourth-order valence-electron chi connectivity index (χ4n) is 5.36. The fourth-order valence-corrected chi connectivity index (χ4v) is 5.92. The second kappa shape index (κ2) is 9.16. The van der Waals surface area contributed by atoms with Crippen LogP contribution in [0.2, 0.25) is 0 Å².